The van der Waals surface area contributed by atoms with Crippen LogP contribution in [0.4, 0.5) is 4.79 Å². The molecule has 0 aliphatic carbocycles. The van der Waals surface area contributed by atoms with E-state index in [1.54, 1.807) is 0 Å². The number of ether oxygens (including phenoxy) is 1. The fourth-order valence-electron chi connectivity index (χ4n) is 0.751. The fourth-order valence-corrected chi connectivity index (χ4v) is 0.751. The second-order valence-electron chi connectivity index (χ2n) is 2.99. The van der Waals surface area contributed by atoms with Gasteiger partial charge >= 0.3 is 6.09 Å². The number of nitrogens with zero attached hydrogens (tertiary/aromatic N) is 1. The van der Waals surface area contributed by atoms with Crippen LogP contribution in [0.2, 0.25) is 0 Å². The van der Waals surface area contributed by atoms with Crippen LogP contribution in [-0.2, 0) is 9.53 Å². The summed E-state index contributed by atoms with van der Waals surface area (Å²) in [4.78, 5) is 23.3. The Morgan fingerprint density at radius 3 is 2.62 bits per heavy atom. The topological polar surface area (TPSA) is 78.9 Å². The lowest BCUT2D eigenvalue weighted by Crippen LogP contribution is -2.36. The molecule has 0 radical (unpaired) electrons. The van der Waals surface area contributed by atoms with Crippen LogP contribution in [0.3, 0.4) is 0 Å². The number of hydrogen-bond donors (Lipinski definition) is 2. The van der Waals surface area contributed by atoms with Crippen LogP contribution >= 0.6 is 0 Å². The molecule has 0 aliphatic heterocycles. The van der Waals surface area contributed by atoms with Gasteiger partial charge in [-0.2, -0.15) is 0 Å². The average Bonchev–Trinajstić information content (AvgIpc) is 2.25. The summed E-state index contributed by atoms with van der Waals surface area (Å²) >= 11 is 0. The maximum Gasteiger partial charge on any atom is 0.413 e. The summed E-state index contributed by atoms with van der Waals surface area (Å²) in [5, 5.41) is 11.1. The molecule has 0 saturated carbocycles. The van der Waals surface area contributed by atoms with Gasteiger partial charge in [0.15, 0.2) is 6.73 Å². The van der Waals surface area contributed by atoms with E-state index in [9.17, 15) is 9.59 Å². The third kappa shape index (κ3) is 5.16. The number of carbonyl (C=O) groups excluding carboxylic acids is 2. The number of nitrogens with one attached hydrogen (secondary N) is 1. The van der Waals surface area contributed by atoms with Crippen molar-refractivity contribution >= 4 is 12.0 Å². The molecule has 6 heteroatoms. The Morgan fingerprint density at radius 1 is 1.56 bits per heavy atom. The highest BCUT2D eigenvalue weighted by molar-refractivity contribution is 5.92. The van der Waals surface area contributed by atoms with Crippen molar-refractivity contribution in [2.75, 3.05) is 20.0 Å². The third-order valence-corrected chi connectivity index (χ3v) is 1.59. The molecule has 0 heterocycles. The standard InChI is InChI=1S/C10H16N2O4/c1-4-5-12(7-13)10(15)16-6-11-9(14)8(2)3/h4,13H,1-2,5-7H2,3H3,(H,11,14). The number of aliphatic hydroxyl groups excluding tert-OH is 1. The van der Waals surface area contributed by atoms with Gasteiger partial charge in [-0.15, -0.1) is 6.58 Å². The molecule has 0 aliphatic rings. The third-order valence-electron chi connectivity index (χ3n) is 1.59. The van der Waals surface area contributed by atoms with Crippen LogP contribution in [0.15, 0.2) is 24.8 Å². The van der Waals surface area contributed by atoms with E-state index < -0.39 is 18.7 Å². The molecule has 0 atom stereocenters. The van der Waals surface area contributed by atoms with E-state index in [0.29, 0.717) is 5.57 Å². The van der Waals surface area contributed by atoms with Crippen LogP contribution in [0.25, 0.3) is 0 Å². The van der Waals surface area contributed by atoms with Crippen molar-refractivity contribution in [3.8, 4) is 0 Å². The van der Waals surface area contributed by atoms with E-state index in [4.69, 9.17) is 5.11 Å². The number of rotatable bonds is 6. The monoisotopic (exact) mass is 228 g/mol. The second-order valence-corrected chi connectivity index (χ2v) is 2.99. The summed E-state index contributed by atoms with van der Waals surface area (Å²) in [6.07, 6.45) is 0.716. The summed E-state index contributed by atoms with van der Waals surface area (Å²) in [7, 11) is 0. The fraction of sp³-hybridized carbons (Fsp3) is 0.400. The van der Waals surface area contributed by atoms with Crippen LogP contribution in [-0.4, -0.2) is 42.0 Å². The SMILES string of the molecule is C=CCN(CO)C(=O)OCNC(=O)C(=C)C. The van der Waals surface area contributed by atoms with Gasteiger partial charge in [0.2, 0.25) is 5.91 Å². The van der Waals surface area contributed by atoms with Gasteiger partial charge in [-0.25, -0.2) is 4.79 Å². The molecule has 90 valence electrons. The van der Waals surface area contributed by atoms with E-state index in [0.717, 1.165) is 4.90 Å². The maximum absolute atomic E-state index is 11.2. The molecule has 0 spiro atoms. The minimum Gasteiger partial charge on any atom is -0.428 e. The Morgan fingerprint density at radius 2 is 2.19 bits per heavy atom. The molecule has 0 aromatic rings. The molecule has 6 nitrogen and oxygen atoms in total. The molecule has 2 N–H and O–H groups in total. The van der Waals surface area contributed by atoms with Crippen molar-refractivity contribution < 1.29 is 19.4 Å². The zero-order valence-electron chi connectivity index (χ0n) is 9.23. The molecule has 0 saturated heterocycles. The minimum atomic E-state index is -0.732. The molecule has 2 amide bonds. The number of aliphatic hydroxyl groups is 1. The summed E-state index contributed by atoms with van der Waals surface area (Å²) < 4.78 is 4.67. The summed E-state index contributed by atoms with van der Waals surface area (Å²) in [6, 6.07) is 0. The lowest BCUT2D eigenvalue weighted by atomic mass is 10.3. The first-order chi connectivity index (χ1) is 7.52. The lowest BCUT2D eigenvalue weighted by Gasteiger charge is -2.17. The molecule has 0 fully saturated rings. The van der Waals surface area contributed by atoms with Crippen molar-refractivity contribution in [3.63, 3.8) is 0 Å². The zero-order chi connectivity index (χ0) is 12.6. The van der Waals surface area contributed by atoms with Crippen molar-refractivity contribution in [1.29, 1.82) is 0 Å². The van der Waals surface area contributed by atoms with Gasteiger partial charge in [0, 0.05) is 12.1 Å². The first kappa shape index (κ1) is 14.2. The smallest absolute Gasteiger partial charge is 0.413 e. The predicted octanol–water partition coefficient (Wildman–Crippen LogP) is 0.211. The van der Waals surface area contributed by atoms with Gasteiger partial charge in [-0.1, -0.05) is 12.7 Å². The van der Waals surface area contributed by atoms with Crippen LogP contribution in [0.5, 0.6) is 0 Å². The number of amides is 2. The first-order valence-electron chi connectivity index (χ1n) is 4.60. The van der Waals surface area contributed by atoms with Crippen molar-refractivity contribution in [2.24, 2.45) is 0 Å². The quantitative estimate of drug-likeness (QED) is 0.387. The number of hydrogen-bond acceptors (Lipinski definition) is 4. The molecular formula is C10H16N2O4. The summed E-state index contributed by atoms with van der Waals surface area (Å²) in [5.41, 5.74) is 0.321. The van der Waals surface area contributed by atoms with Crippen molar-refractivity contribution in [2.45, 2.75) is 6.92 Å². The Labute approximate surface area is 94.2 Å². The Hall–Kier alpha value is -1.82. The average molecular weight is 228 g/mol. The Balaban J connectivity index is 3.92. The number of carbonyl (C=O) groups is 2. The minimum absolute atomic E-state index is 0.170. The molecular weight excluding hydrogens is 212 g/mol. The molecule has 0 aromatic heterocycles. The van der Waals surface area contributed by atoms with Crippen LogP contribution in [0, 0.1) is 0 Å². The van der Waals surface area contributed by atoms with E-state index in [1.807, 2.05) is 0 Å². The summed E-state index contributed by atoms with van der Waals surface area (Å²) in [6.45, 7) is 7.81. The van der Waals surface area contributed by atoms with E-state index >= 15 is 0 Å². The van der Waals surface area contributed by atoms with Crippen molar-refractivity contribution in [1.82, 2.24) is 10.2 Å². The van der Waals surface area contributed by atoms with Crippen molar-refractivity contribution in [3.05, 3.63) is 24.8 Å². The second kappa shape index (κ2) is 7.47. The molecule has 16 heavy (non-hydrogen) atoms. The van der Waals surface area contributed by atoms with Gasteiger partial charge in [-0.3, -0.25) is 9.69 Å². The first-order valence-corrected chi connectivity index (χ1v) is 4.60. The lowest BCUT2D eigenvalue weighted by molar-refractivity contribution is -0.118. The van der Waals surface area contributed by atoms with Gasteiger partial charge in [0.25, 0.3) is 0 Å². The van der Waals surface area contributed by atoms with Crippen LogP contribution < -0.4 is 5.32 Å². The predicted molar refractivity (Wildman–Crippen MR) is 58.3 cm³/mol. The highest BCUT2D eigenvalue weighted by Crippen LogP contribution is 1.92. The van der Waals surface area contributed by atoms with Gasteiger partial charge < -0.3 is 15.2 Å². The normalized spacial score (nSPS) is 9.12. The maximum atomic E-state index is 11.2. The molecule has 0 unspecified atom stereocenters. The van der Waals surface area contributed by atoms with E-state index in [1.165, 1.54) is 13.0 Å². The summed E-state index contributed by atoms with van der Waals surface area (Å²) in [5.74, 6) is -0.396. The molecule has 0 aromatic carbocycles. The highest BCUT2D eigenvalue weighted by atomic mass is 16.6. The van der Waals surface area contributed by atoms with Gasteiger partial charge in [0.1, 0.15) is 6.73 Å². The zero-order valence-corrected chi connectivity index (χ0v) is 9.23. The molecule has 0 rings (SSSR count). The molecule has 0 bridgehead atoms. The van der Waals surface area contributed by atoms with Gasteiger partial charge in [-0.05, 0) is 6.92 Å². The van der Waals surface area contributed by atoms with E-state index in [2.05, 4.69) is 23.2 Å². The van der Waals surface area contributed by atoms with Crippen LogP contribution in [0.1, 0.15) is 6.92 Å². The highest BCUT2D eigenvalue weighted by Gasteiger charge is 2.12. The van der Waals surface area contributed by atoms with Gasteiger partial charge in [0.05, 0.1) is 0 Å². The van der Waals surface area contributed by atoms with E-state index in [-0.39, 0.29) is 13.3 Å². The Bertz CT molecular complexity index is 289. The largest absolute Gasteiger partial charge is 0.428 e. The Kier molecular flexibility index (Phi) is 6.62.